The highest BCUT2D eigenvalue weighted by atomic mass is 32.7. The third-order valence-electron chi connectivity index (χ3n) is 5.12. The molecule has 0 bridgehead atoms. The molecule has 0 aromatic carbocycles. The van der Waals surface area contributed by atoms with E-state index in [2.05, 4.69) is 33.1 Å². The van der Waals surface area contributed by atoms with Crippen LogP contribution in [0.25, 0.3) is 11.2 Å². The number of methoxy groups -OCH3 is 1. The number of nitrogens with zero attached hydrogens (tertiary/aromatic N) is 3. The van der Waals surface area contributed by atoms with Crippen molar-refractivity contribution in [3.8, 4) is 12.3 Å². The quantitative estimate of drug-likeness (QED) is 0.282. The van der Waals surface area contributed by atoms with Gasteiger partial charge in [0.25, 0.3) is 12.1 Å². The summed E-state index contributed by atoms with van der Waals surface area (Å²) in [6, 6.07) is 0. The molecule has 6 unspecified atom stereocenters. The number of nitrogen functional groups attached to an aromatic ring is 1. The Morgan fingerprint density at radius 2 is 2.26 bits per heavy atom. The molecule has 3 N–H and O–H groups in total. The van der Waals surface area contributed by atoms with Crippen LogP contribution in [0.1, 0.15) is 26.5 Å². The van der Waals surface area contributed by atoms with Crippen molar-refractivity contribution in [2.24, 2.45) is 0 Å². The maximum Gasteiger partial charge on any atom is 0.280 e. The summed E-state index contributed by atoms with van der Waals surface area (Å²) in [5.74, 6) is 2.34. The number of hydrogen-bond donors (Lipinski definition) is 3. The number of nitrogens with two attached hydrogens (primary N) is 1. The van der Waals surface area contributed by atoms with Gasteiger partial charge in [-0.05, 0) is 6.42 Å². The number of aromatic nitrogens is 4. The van der Waals surface area contributed by atoms with E-state index in [4.69, 9.17) is 30.9 Å². The topological polar surface area (TPSA) is 144 Å². The van der Waals surface area contributed by atoms with E-state index in [0.717, 1.165) is 0 Å². The summed E-state index contributed by atoms with van der Waals surface area (Å²) < 4.78 is 37.9. The number of ether oxygens (including phenoxy) is 3. The van der Waals surface area contributed by atoms with E-state index in [1.165, 1.54) is 18.0 Å². The maximum absolute atomic E-state index is 13.1. The Bertz CT molecular complexity index is 1070. The molecular formula is C18H26N5O6PS. The zero-order chi connectivity index (χ0) is 22.8. The predicted molar refractivity (Wildman–Crippen MR) is 118 cm³/mol. The lowest BCUT2D eigenvalue weighted by molar-refractivity contribution is -0.0670. The summed E-state index contributed by atoms with van der Waals surface area (Å²) in [5.41, 5.74) is 5.21. The maximum atomic E-state index is 13.1. The molecule has 2 aromatic rings. The Kier molecular flexibility index (Phi) is 7.47. The average molecular weight is 471 g/mol. The van der Waals surface area contributed by atoms with Crippen molar-refractivity contribution in [3.63, 3.8) is 0 Å². The first-order valence-electron chi connectivity index (χ1n) is 9.66. The summed E-state index contributed by atoms with van der Waals surface area (Å²) in [4.78, 5) is 22.8. The highest BCUT2D eigenvalue weighted by molar-refractivity contribution is 8.46. The van der Waals surface area contributed by atoms with Gasteiger partial charge in [-0.1, -0.05) is 32.0 Å². The number of imidazole rings is 1. The summed E-state index contributed by atoms with van der Waals surface area (Å²) in [6.45, 7) is 0.461. The fourth-order valence-corrected chi connectivity index (χ4v) is 5.41. The van der Waals surface area contributed by atoms with Crippen LogP contribution in [0, 0.1) is 12.3 Å². The number of hydrogen-bond acceptors (Lipinski definition) is 9. The van der Waals surface area contributed by atoms with Crippen molar-refractivity contribution < 1.29 is 23.3 Å². The standard InChI is InChI=1S/C18H26N5O6PS/c1-5-7-27-14-13(29-30(25,31)10(3)6-2)11(8-26-4)28-17(14)23-9-20-12-15(23)21-18(19)22-16(12)24/h1,9-11,13-14,17H,6-8H2,2-4H3,(H,25,31)(H3,19,21,22,24). The van der Waals surface area contributed by atoms with Crippen LogP contribution in [-0.4, -0.2) is 63.8 Å². The lowest BCUT2D eigenvalue weighted by Crippen LogP contribution is -2.38. The third kappa shape index (κ3) is 4.82. The van der Waals surface area contributed by atoms with E-state index in [-0.39, 0.29) is 36.0 Å². The Morgan fingerprint density at radius 1 is 1.52 bits per heavy atom. The lowest BCUT2D eigenvalue weighted by Gasteiger charge is -2.28. The zero-order valence-electron chi connectivity index (χ0n) is 17.4. The molecule has 11 nitrogen and oxygen atoms in total. The average Bonchev–Trinajstić information content (AvgIpc) is 3.27. The molecular weight excluding hydrogens is 445 g/mol. The largest absolute Gasteiger partial charge is 0.382 e. The highest BCUT2D eigenvalue weighted by Gasteiger charge is 2.50. The van der Waals surface area contributed by atoms with Crippen LogP contribution in [0.2, 0.25) is 0 Å². The van der Waals surface area contributed by atoms with Crippen LogP contribution < -0.4 is 11.3 Å². The highest BCUT2D eigenvalue weighted by Crippen LogP contribution is 2.60. The predicted octanol–water partition coefficient (Wildman–Crippen LogP) is 1.57. The Hall–Kier alpha value is -1.87. The lowest BCUT2D eigenvalue weighted by atomic mass is 10.1. The molecule has 0 radical (unpaired) electrons. The van der Waals surface area contributed by atoms with Gasteiger partial charge in [0.1, 0.15) is 24.9 Å². The molecule has 13 heteroatoms. The van der Waals surface area contributed by atoms with E-state index < -0.39 is 36.7 Å². The van der Waals surface area contributed by atoms with E-state index in [1.54, 1.807) is 6.92 Å². The first-order valence-corrected chi connectivity index (χ1v) is 12.5. The molecule has 1 saturated heterocycles. The SMILES string of the molecule is C#CCOC1C(OP(=O)(S)C(C)CC)C(COC)OC1n1cnc2c(=O)[nH]c(N)nc21. The summed E-state index contributed by atoms with van der Waals surface area (Å²) in [7, 11) is 1.51. The first-order chi connectivity index (χ1) is 14.7. The van der Waals surface area contributed by atoms with Crippen LogP contribution in [0.4, 0.5) is 5.95 Å². The van der Waals surface area contributed by atoms with Gasteiger partial charge in [-0.15, -0.1) is 6.42 Å². The molecule has 3 rings (SSSR count). The fraction of sp³-hybridized carbons (Fsp3) is 0.611. The number of rotatable bonds is 9. The van der Waals surface area contributed by atoms with Crippen LogP contribution in [0.5, 0.6) is 0 Å². The minimum atomic E-state index is -3.32. The number of aromatic amines is 1. The van der Waals surface area contributed by atoms with Crippen LogP contribution in [-0.2, 0) is 23.3 Å². The van der Waals surface area contributed by atoms with Crippen LogP contribution >= 0.6 is 18.8 Å². The molecule has 6 atom stereocenters. The molecule has 0 spiro atoms. The molecule has 1 fully saturated rings. The van der Waals surface area contributed by atoms with Gasteiger partial charge < -0.3 is 24.5 Å². The molecule has 2 aromatic heterocycles. The first kappa shape index (κ1) is 23.8. The zero-order valence-corrected chi connectivity index (χ0v) is 19.2. The van der Waals surface area contributed by atoms with Gasteiger partial charge in [0.05, 0.1) is 12.9 Å². The summed E-state index contributed by atoms with van der Waals surface area (Å²) in [5, 5.41) is 0. The minimum absolute atomic E-state index is 0.0485. The van der Waals surface area contributed by atoms with Crippen molar-refractivity contribution in [2.75, 3.05) is 26.1 Å². The van der Waals surface area contributed by atoms with Crippen LogP contribution in [0.3, 0.4) is 0 Å². The number of fused-ring (bicyclic) bond motifs is 1. The number of terminal acetylenes is 1. The second-order valence-electron chi connectivity index (χ2n) is 7.17. The summed E-state index contributed by atoms with van der Waals surface area (Å²) in [6.07, 6.45) is 4.28. The van der Waals surface area contributed by atoms with Gasteiger partial charge in [0, 0.05) is 12.8 Å². The number of nitrogens with one attached hydrogen (secondary N) is 1. The van der Waals surface area contributed by atoms with Crippen molar-refractivity contribution >= 4 is 35.9 Å². The van der Waals surface area contributed by atoms with E-state index in [1.807, 2.05) is 6.92 Å². The van der Waals surface area contributed by atoms with E-state index >= 15 is 0 Å². The molecule has 0 aliphatic carbocycles. The Balaban J connectivity index is 2.05. The fourth-order valence-electron chi connectivity index (χ4n) is 3.32. The molecule has 170 valence electrons. The van der Waals surface area contributed by atoms with E-state index in [0.29, 0.717) is 6.42 Å². The molecule has 0 amide bonds. The Labute approximate surface area is 184 Å². The molecule has 3 heterocycles. The second-order valence-corrected chi connectivity index (χ2v) is 11.1. The number of thiol groups is 1. The monoisotopic (exact) mass is 471 g/mol. The van der Waals surface area contributed by atoms with Crippen LogP contribution in [0.15, 0.2) is 11.1 Å². The molecule has 1 aliphatic heterocycles. The van der Waals surface area contributed by atoms with Gasteiger partial charge in [-0.3, -0.25) is 18.9 Å². The van der Waals surface area contributed by atoms with Crippen molar-refractivity contribution in [2.45, 2.75) is 50.5 Å². The van der Waals surface area contributed by atoms with Gasteiger partial charge in [-0.25, -0.2) is 4.98 Å². The number of H-pyrrole nitrogens is 1. The van der Waals surface area contributed by atoms with Crippen molar-refractivity contribution in [1.82, 2.24) is 19.5 Å². The van der Waals surface area contributed by atoms with Gasteiger partial charge in [0.2, 0.25) is 5.95 Å². The molecule has 1 aliphatic rings. The van der Waals surface area contributed by atoms with Gasteiger partial charge >= 0.3 is 0 Å². The van der Waals surface area contributed by atoms with Gasteiger partial charge in [-0.2, -0.15) is 4.98 Å². The molecule has 31 heavy (non-hydrogen) atoms. The van der Waals surface area contributed by atoms with Crippen molar-refractivity contribution in [3.05, 3.63) is 16.7 Å². The third-order valence-corrected chi connectivity index (χ3v) is 8.61. The second kappa shape index (κ2) is 9.73. The number of anilines is 1. The Morgan fingerprint density at radius 3 is 2.90 bits per heavy atom. The minimum Gasteiger partial charge on any atom is -0.382 e. The smallest absolute Gasteiger partial charge is 0.280 e. The van der Waals surface area contributed by atoms with Crippen molar-refractivity contribution in [1.29, 1.82) is 0 Å². The van der Waals surface area contributed by atoms with E-state index in [9.17, 15) is 9.36 Å². The summed E-state index contributed by atoms with van der Waals surface area (Å²) >= 11 is 4.32. The van der Waals surface area contributed by atoms with Gasteiger partial charge in [0.15, 0.2) is 17.4 Å². The molecule has 0 saturated carbocycles. The normalized spacial score (nSPS) is 26.5.